The number of benzene rings is 1. The molecule has 0 saturated heterocycles. The predicted molar refractivity (Wildman–Crippen MR) is 91.8 cm³/mol. The molecule has 1 atom stereocenters. The van der Waals surface area contributed by atoms with Crippen LogP contribution in [0.1, 0.15) is 31.9 Å². The number of aliphatic imine (C=N–C) groups is 1. The zero-order valence-corrected chi connectivity index (χ0v) is 14.1. The molecule has 0 aliphatic carbocycles. The van der Waals surface area contributed by atoms with Crippen molar-refractivity contribution >= 4 is 5.96 Å². The van der Waals surface area contributed by atoms with Gasteiger partial charge in [0.1, 0.15) is 0 Å². The number of guanidine groups is 1. The van der Waals surface area contributed by atoms with Crippen molar-refractivity contribution in [1.29, 1.82) is 0 Å². The summed E-state index contributed by atoms with van der Waals surface area (Å²) >= 11 is 0. The van der Waals surface area contributed by atoms with Gasteiger partial charge < -0.3 is 10.6 Å². The SMILES string of the molecule is CCN(CC)C(C)CNC(=NC)NCc1cccc(C)c1. The molecule has 0 spiro atoms. The first-order valence-corrected chi connectivity index (χ1v) is 7.84. The average Bonchev–Trinajstić information content (AvgIpc) is 2.48. The van der Waals surface area contributed by atoms with Crippen LogP contribution in [0.2, 0.25) is 0 Å². The van der Waals surface area contributed by atoms with E-state index in [2.05, 4.69) is 72.5 Å². The van der Waals surface area contributed by atoms with Crippen LogP contribution in [0.5, 0.6) is 0 Å². The second-order valence-electron chi connectivity index (χ2n) is 5.37. The molecule has 0 aromatic heterocycles. The Labute approximate surface area is 129 Å². The Hall–Kier alpha value is -1.55. The molecule has 1 aromatic rings. The number of hydrogen-bond acceptors (Lipinski definition) is 2. The minimum Gasteiger partial charge on any atom is -0.355 e. The van der Waals surface area contributed by atoms with Crippen LogP contribution in [0.3, 0.4) is 0 Å². The number of rotatable bonds is 7. The van der Waals surface area contributed by atoms with Gasteiger partial charge in [-0.05, 0) is 32.5 Å². The Kier molecular flexibility index (Phi) is 7.83. The van der Waals surface area contributed by atoms with E-state index in [1.165, 1.54) is 11.1 Å². The second-order valence-corrected chi connectivity index (χ2v) is 5.37. The van der Waals surface area contributed by atoms with Crippen molar-refractivity contribution < 1.29 is 0 Å². The largest absolute Gasteiger partial charge is 0.355 e. The Morgan fingerprint density at radius 3 is 2.52 bits per heavy atom. The van der Waals surface area contributed by atoms with Crippen LogP contribution in [-0.4, -0.2) is 43.6 Å². The molecule has 0 heterocycles. The smallest absolute Gasteiger partial charge is 0.191 e. The topological polar surface area (TPSA) is 39.7 Å². The molecule has 0 bridgehead atoms. The van der Waals surface area contributed by atoms with Crippen molar-refractivity contribution in [2.45, 2.75) is 40.3 Å². The second kappa shape index (κ2) is 9.40. The van der Waals surface area contributed by atoms with Gasteiger partial charge in [-0.2, -0.15) is 0 Å². The molecular weight excluding hydrogens is 260 g/mol. The van der Waals surface area contributed by atoms with Gasteiger partial charge >= 0.3 is 0 Å². The summed E-state index contributed by atoms with van der Waals surface area (Å²) in [4.78, 5) is 6.72. The lowest BCUT2D eigenvalue weighted by molar-refractivity contribution is 0.231. The van der Waals surface area contributed by atoms with Crippen molar-refractivity contribution in [3.63, 3.8) is 0 Å². The van der Waals surface area contributed by atoms with Crippen molar-refractivity contribution in [3.8, 4) is 0 Å². The van der Waals surface area contributed by atoms with Crippen LogP contribution in [0.25, 0.3) is 0 Å². The fraction of sp³-hybridized carbons (Fsp3) is 0.588. The zero-order chi connectivity index (χ0) is 15.7. The van der Waals surface area contributed by atoms with Gasteiger partial charge in [-0.15, -0.1) is 0 Å². The third-order valence-electron chi connectivity index (χ3n) is 3.77. The molecule has 2 N–H and O–H groups in total. The van der Waals surface area contributed by atoms with Crippen LogP contribution in [0, 0.1) is 6.92 Å². The molecule has 0 fully saturated rings. The first kappa shape index (κ1) is 17.5. The standard InChI is InChI=1S/C17H30N4/c1-6-21(7-2)15(4)12-19-17(18-5)20-13-16-10-8-9-14(3)11-16/h8-11,15H,6-7,12-13H2,1-5H3,(H2,18,19,20). The van der Waals surface area contributed by atoms with E-state index in [9.17, 15) is 0 Å². The van der Waals surface area contributed by atoms with E-state index >= 15 is 0 Å². The molecule has 118 valence electrons. The van der Waals surface area contributed by atoms with Gasteiger partial charge in [0.25, 0.3) is 0 Å². The van der Waals surface area contributed by atoms with Crippen molar-refractivity contribution in [3.05, 3.63) is 35.4 Å². The van der Waals surface area contributed by atoms with Crippen molar-refractivity contribution in [2.75, 3.05) is 26.7 Å². The summed E-state index contributed by atoms with van der Waals surface area (Å²) in [5, 5.41) is 6.76. The van der Waals surface area contributed by atoms with Crippen molar-refractivity contribution in [1.82, 2.24) is 15.5 Å². The van der Waals surface area contributed by atoms with Crippen LogP contribution >= 0.6 is 0 Å². The summed E-state index contributed by atoms with van der Waals surface area (Å²) in [6.45, 7) is 12.6. The normalized spacial score (nSPS) is 13.3. The van der Waals surface area contributed by atoms with Crippen molar-refractivity contribution in [2.24, 2.45) is 4.99 Å². The highest BCUT2D eigenvalue weighted by molar-refractivity contribution is 5.79. The molecule has 0 aliphatic rings. The van der Waals surface area contributed by atoms with E-state index < -0.39 is 0 Å². The van der Waals surface area contributed by atoms with Gasteiger partial charge in [0, 0.05) is 26.2 Å². The van der Waals surface area contributed by atoms with Crippen LogP contribution in [0.4, 0.5) is 0 Å². The monoisotopic (exact) mass is 290 g/mol. The quantitative estimate of drug-likeness (QED) is 0.598. The van der Waals surface area contributed by atoms with E-state index in [-0.39, 0.29) is 0 Å². The van der Waals surface area contributed by atoms with Crippen LogP contribution in [0.15, 0.2) is 29.3 Å². The molecule has 4 heteroatoms. The lowest BCUT2D eigenvalue weighted by Gasteiger charge is -2.27. The van der Waals surface area contributed by atoms with Gasteiger partial charge in [-0.1, -0.05) is 43.7 Å². The summed E-state index contributed by atoms with van der Waals surface area (Å²) in [5.74, 6) is 0.857. The third kappa shape index (κ3) is 6.17. The lowest BCUT2D eigenvalue weighted by Crippen LogP contribution is -2.45. The maximum atomic E-state index is 4.28. The first-order valence-electron chi connectivity index (χ1n) is 7.84. The number of nitrogens with one attached hydrogen (secondary N) is 2. The molecule has 0 aliphatic heterocycles. The highest BCUT2D eigenvalue weighted by Gasteiger charge is 2.10. The predicted octanol–water partition coefficient (Wildman–Crippen LogP) is 2.39. The number of hydrogen-bond donors (Lipinski definition) is 2. The van der Waals surface area contributed by atoms with Gasteiger partial charge in [0.05, 0.1) is 0 Å². The molecule has 0 amide bonds. The first-order chi connectivity index (χ1) is 10.1. The molecular formula is C17H30N4. The van der Waals surface area contributed by atoms with Crippen LogP contribution < -0.4 is 10.6 Å². The Morgan fingerprint density at radius 1 is 1.24 bits per heavy atom. The number of likely N-dealkylation sites (N-methyl/N-ethyl adjacent to an activating group) is 1. The molecule has 1 unspecified atom stereocenters. The maximum absolute atomic E-state index is 4.28. The Balaban J connectivity index is 2.42. The zero-order valence-electron chi connectivity index (χ0n) is 14.1. The lowest BCUT2D eigenvalue weighted by atomic mass is 10.1. The van der Waals surface area contributed by atoms with E-state index in [1.807, 2.05) is 7.05 Å². The average molecular weight is 290 g/mol. The Morgan fingerprint density at radius 2 is 1.95 bits per heavy atom. The number of aryl methyl sites for hydroxylation is 1. The number of nitrogens with zero attached hydrogens (tertiary/aromatic N) is 2. The van der Waals surface area contributed by atoms with Gasteiger partial charge in [0.15, 0.2) is 5.96 Å². The van der Waals surface area contributed by atoms with E-state index in [1.54, 1.807) is 0 Å². The van der Waals surface area contributed by atoms with E-state index in [4.69, 9.17) is 0 Å². The van der Waals surface area contributed by atoms with Crippen LogP contribution in [-0.2, 0) is 6.54 Å². The summed E-state index contributed by atoms with van der Waals surface area (Å²) < 4.78 is 0. The minimum atomic E-state index is 0.498. The molecule has 0 radical (unpaired) electrons. The molecule has 21 heavy (non-hydrogen) atoms. The molecule has 4 nitrogen and oxygen atoms in total. The maximum Gasteiger partial charge on any atom is 0.191 e. The van der Waals surface area contributed by atoms with E-state index in [0.29, 0.717) is 6.04 Å². The van der Waals surface area contributed by atoms with Gasteiger partial charge in [-0.3, -0.25) is 9.89 Å². The Bertz CT molecular complexity index is 438. The highest BCUT2D eigenvalue weighted by atomic mass is 15.2. The van der Waals surface area contributed by atoms with Gasteiger partial charge in [-0.25, -0.2) is 0 Å². The fourth-order valence-electron chi connectivity index (χ4n) is 2.45. The minimum absolute atomic E-state index is 0.498. The summed E-state index contributed by atoms with van der Waals surface area (Å²) in [6.07, 6.45) is 0. The van der Waals surface area contributed by atoms with E-state index in [0.717, 1.165) is 32.1 Å². The van der Waals surface area contributed by atoms with Gasteiger partial charge in [0.2, 0.25) is 0 Å². The third-order valence-corrected chi connectivity index (χ3v) is 3.77. The molecule has 1 rings (SSSR count). The fourth-order valence-corrected chi connectivity index (χ4v) is 2.45. The molecule has 1 aromatic carbocycles. The molecule has 0 saturated carbocycles. The summed E-state index contributed by atoms with van der Waals surface area (Å²) in [7, 11) is 1.81. The highest BCUT2D eigenvalue weighted by Crippen LogP contribution is 2.03. The summed E-state index contributed by atoms with van der Waals surface area (Å²) in [5.41, 5.74) is 2.56. The summed E-state index contributed by atoms with van der Waals surface area (Å²) in [6, 6.07) is 9.02.